The fourth-order valence-electron chi connectivity index (χ4n) is 1.58. The van der Waals surface area contributed by atoms with Crippen LogP contribution in [0.5, 0.6) is 0 Å². The molecule has 0 radical (unpaired) electrons. The molecular weight excluding hydrogens is 206 g/mol. The van der Waals surface area contributed by atoms with E-state index in [1.165, 1.54) is 0 Å². The van der Waals surface area contributed by atoms with Crippen molar-refractivity contribution in [1.82, 2.24) is 5.32 Å². The van der Waals surface area contributed by atoms with E-state index in [1.54, 1.807) is 0 Å². The molecule has 0 bridgehead atoms. The zero-order valence-electron chi connectivity index (χ0n) is 10.7. The lowest BCUT2D eigenvalue weighted by Crippen LogP contribution is -2.46. The molecule has 0 unspecified atom stereocenters. The molecule has 4 nitrogen and oxygen atoms in total. The molecule has 2 N–H and O–H groups in total. The first-order valence-corrected chi connectivity index (χ1v) is 5.86. The van der Waals surface area contributed by atoms with Crippen molar-refractivity contribution >= 4 is 11.9 Å². The average Bonchev–Trinajstić information content (AvgIpc) is 2.16. The molecule has 0 saturated heterocycles. The predicted octanol–water partition coefficient (Wildman–Crippen LogP) is 2.18. The molecule has 0 spiro atoms. The predicted molar refractivity (Wildman–Crippen MR) is 63.2 cm³/mol. The number of carbonyl (C=O) groups excluding carboxylic acids is 1. The van der Waals surface area contributed by atoms with Crippen LogP contribution in [-0.4, -0.2) is 22.5 Å². The lowest BCUT2D eigenvalue weighted by molar-refractivity contribution is -0.138. The summed E-state index contributed by atoms with van der Waals surface area (Å²) in [6.45, 7) is 7.68. The largest absolute Gasteiger partial charge is 0.481 e. The van der Waals surface area contributed by atoms with Crippen molar-refractivity contribution in [3.05, 3.63) is 0 Å². The lowest BCUT2D eigenvalue weighted by Gasteiger charge is -2.27. The van der Waals surface area contributed by atoms with Gasteiger partial charge in [0, 0.05) is 17.9 Å². The minimum atomic E-state index is -0.829. The monoisotopic (exact) mass is 229 g/mol. The van der Waals surface area contributed by atoms with E-state index < -0.39 is 11.5 Å². The highest BCUT2D eigenvalue weighted by Gasteiger charge is 2.24. The molecule has 0 fully saturated rings. The summed E-state index contributed by atoms with van der Waals surface area (Å²) in [6, 6.07) is 0. The van der Waals surface area contributed by atoms with E-state index in [4.69, 9.17) is 5.11 Å². The summed E-state index contributed by atoms with van der Waals surface area (Å²) in [5.41, 5.74) is -0.446. The Hall–Kier alpha value is -1.06. The van der Waals surface area contributed by atoms with Crippen LogP contribution >= 0.6 is 0 Å². The van der Waals surface area contributed by atoms with Crippen molar-refractivity contribution in [2.75, 3.05) is 0 Å². The van der Waals surface area contributed by atoms with Gasteiger partial charge in [0.2, 0.25) is 5.91 Å². The van der Waals surface area contributed by atoms with Crippen LogP contribution in [0.15, 0.2) is 0 Å². The van der Waals surface area contributed by atoms with Gasteiger partial charge in [0.15, 0.2) is 0 Å². The minimum Gasteiger partial charge on any atom is -0.481 e. The van der Waals surface area contributed by atoms with Gasteiger partial charge >= 0.3 is 5.97 Å². The Morgan fingerprint density at radius 1 is 1.25 bits per heavy atom. The second-order valence-corrected chi connectivity index (χ2v) is 4.78. The summed E-state index contributed by atoms with van der Waals surface area (Å²) in [6.07, 6.45) is 2.17. The third-order valence-electron chi connectivity index (χ3n) is 2.78. The fourth-order valence-corrected chi connectivity index (χ4v) is 1.58. The summed E-state index contributed by atoms with van der Waals surface area (Å²) in [7, 11) is 0. The van der Waals surface area contributed by atoms with Gasteiger partial charge in [-0.2, -0.15) is 0 Å². The van der Waals surface area contributed by atoms with Crippen LogP contribution < -0.4 is 5.32 Å². The van der Waals surface area contributed by atoms with E-state index in [2.05, 4.69) is 5.32 Å². The fraction of sp³-hybridized carbons (Fsp3) is 0.833. The Labute approximate surface area is 97.4 Å². The van der Waals surface area contributed by atoms with Gasteiger partial charge < -0.3 is 10.4 Å². The van der Waals surface area contributed by atoms with Crippen molar-refractivity contribution in [3.63, 3.8) is 0 Å². The van der Waals surface area contributed by atoms with E-state index in [-0.39, 0.29) is 18.2 Å². The van der Waals surface area contributed by atoms with Crippen LogP contribution in [-0.2, 0) is 9.59 Å². The topological polar surface area (TPSA) is 66.4 Å². The molecule has 0 heterocycles. The Morgan fingerprint density at radius 3 is 2.12 bits per heavy atom. The summed E-state index contributed by atoms with van der Waals surface area (Å²) < 4.78 is 0. The molecule has 16 heavy (non-hydrogen) atoms. The number of hydrogen-bond donors (Lipinski definition) is 2. The molecule has 0 aliphatic rings. The first-order chi connectivity index (χ1) is 7.32. The second kappa shape index (κ2) is 6.51. The van der Waals surface area contributed by atoms with Gasteiger partial charge in [-0.25, -0.2) is 0 Å². The number of carbonyl (C=O) groups is 2. The van der Waals surface area contributed by atoms with E-state index in [1.807, 2.05) is 27.7 Å². The molecule has 0 rings (SSSR count). The highest BCUT2D eigenvalue weighted by atomic mass is 16.4. The molecule has 0 aromatic rings. The molecule has 0 aromatic heterocycles. The number of carboxylic acids is 1. The Bertz CT molecular complexity index is 245. The van der Waals surface area contributed by atoms with Gasteiger partial charge in [-0.15, -0.1) is 0 Å². The SMILES string of the molecule is CCC(CC)C(=O)NC(C)(C)CCC(=O)O. The van der Waals surface area contributed by atoms with Gasteiger partial charge in [0.05, 0.1) is 0 Å². The molecule has 0 aliphatic heterocycles. The first-order valence-electron chi connectivity index (χ1n) is 5.86. The second-order valence-electron chi connectivity index (χ2n) is 4.78. The van der Waals surface area contributed by atoms with Crippen LogP contribution in [0.3, 0.4) is 0 Å². The van der Waals surface area contributed by atoms with Crippen molar-refractivity contribution in [3.8, 4) is 0 Å². The molecule has 0 aromatic carbocycles. The smallest absolute Gasteiger partial charge is 0.303 e. The van der Waals surface area contributed by atoms with Crippen molar-refractivity contribution in [1.29, 1.82) is 0 Å². The van der Waals surface area contributed by atoms with Gasteiger partial charge in [-0.1, -0.05) is 13.8 Å². The summed E-state index contributed by atoms with van der Waals surface area (Å²) in [5.74, 6) is -0.769. The Morgan fingerprint density at radius 2 is 1.75 bits per heavy atom. The van der Waals surface area contributed by atoms with E-state index in [0.717, 1.165) is 12.8 Å². The molecule has 4 heteroatoms. The highest BCUT2D eigenvalue weighted by molar-refractivity contribution is 5.79. The number of carboxylic acid groups (broad SMARTS) is 1. The average molecular weight is 229 g/mol. The maximum atomic E-state index is 11.8. The molecule has 0 saturated carbocycles. The zero-order valence-corrected chi connectivity index (χ0v) is 10.7. The highest BCUT2D eigenvalue weighted by Crippen LogP contribution is 2.15. The number of rotatable bonds is 7. The van der Waals surface area contributed by atoms with Gasteiger partial charge in [-0.05, 0) is 33.1 Å². The van der Waals surface area contributed by atoms with Gasteiger partial charge in [0.25, 0.3) is 0 Å². The van der Waals surface area contributed by atoms with Crippen molar-refractivity contribution in [2.24, 2.45) is 5.92 Å². The van der Waals surface area contributed by atoms with E-state index in [9.17, 15) is 9.59 Å². The van der Waals surface area contributed by atoms with Crippen LogP contribution in [0.1, 0.15) is 53.4 Å². The Balaban J connectivity index is 4.23. The summed E-state index contributed by atoms with van der Waals surface area (Å²) in [4.78, 5) is 22.3. The summed E-state index contributed by atoms with van der Waals surface area (Å²) in [5, 5.41) is 11.5. The number of nitrogens with one attached hydrogen (secondary N) is 1. The van der Waals surface area contributed by atoms with Crippen molar-refractivity contribution < 1.29 is 14.7 Å². The number of aliphatic carboxylic acids is 1. The van der Waals surface area contributed by atoms with Crippen LogP contribution in [0.2, 0.25) is 0 Å². The minimum absolute atomic E-state index is 0.0281. The molecule has 0 aliphatic carbocycles. The van der Waals surface area contributed by atoms with Crippen LogP contribution in [0.4, 0.5) is 0 Å². The zero-order chi connectivity index (χ0) is 12.8. The summed E-state index contributed by atoms with van der Waals surface area (Å²) >= 11 is 0. The van der Waals surface area contributed by atoms with Crippen LogP contribution in [0.25, 0.3) is 0 Å². The molecular formula is C12H23NO3. The maximum Gasteiger partial charge on any atom is 0.303 e. The van der Waals surface area contributed by atoms with E-state index >= 15 is 0 Å². The maximum absolute atomic E-state index is 11.8. The number of hydrogen-bond acceptors (Lipinski definition) is 2. The lowest BCUT2D eigenvalue weighted by atomic mass is 9.95. The third kappa shape index (κ3) is 5.73. The van der Waals surface area contributed by atoms with E-state index in [0.29, 0.717) is 6.42 Å². The normalized spacial score (nSPS) is 11.6. The quantitative estimate of drug-likeness (QED) is 0.703. The van der Waals surface area contributed by atoms with Gasteiger partial charge in [-0.3, -0.25) is 9.59 Å². The molecule has 0 atom stereocenters. The molecule has 94 valence electrons. The third-order valence-corrected chi connectivity index (χ3v) is 2.78. The Kier molecular flexibility index (Phi) is 6.08. The van der Waals surface area contributed by atoms with Crippen LogP contribution in [0, 0.1) is 5.92 Å². The van der Waals surface area contributed by atoms with Crippen molar-refractivity contribution in [2.45, 2.75) is 58.9 Å². The number of amides is 1. The van der Waals surface area contributed by atoms with Gasteiger partial charge in [0.1, 0.15) is 0 Å². The molecule has 1 amide bonds. The standard InChI is InChI=1S/C12H23NO3/c1-5-9(6-2)11(16)13-12(3,4)8-7-10(14)15/h9H,5-8H2,1-4H3,(H,13,16)(H,14,15). The first kappa shape index (κ1) is 14.9.